The molecule has 3 aromatic heterocycles. The molecule has 172 valence electrons. The first kappa shape index (κ1) is 20.5. The summed E-state index contributed by atoms with van der Waals surface area (Å²) in [5, 5.41) is 7.94. The fraction of sp³-hybridized carbons (Fsp3) is 0.480. The summed E-state index contributed by atoms with van der Waals surface area (Å²) >= 11 is 0. The van der Waals surface area contributed by atoms with Crippen molar-refractivity contribution in [2.45, 2.75) is 25.8 Å². The average Bonchev–Trinajstić information content (AvgIpc) is 3.62. The summed E-state index contributed by atoms with van der Waals surface area (Å²) < 4.78 is 1.96. The van der Waals surface area contributed by atoms with Crippen molar-refractivity contribution in [3.8, 4) is 11.1 Å². The Bertz CT molecular complexity index is 1150. The van der Waals surface area contributed by atoms with Crippen LogP contribution in [-0.2, 0) is 4.79 Å². The number of aromatic nitrogens is 3. The molecule has 3 aliphatic rings. The minimum absolute atomic E-state index is 0.219. The van der Waals surface area contributed by atoms with Crippen molar-refractivity contribution in [3.63, 3.8) is 0 Å². The van der Waals surface area contributed by atoms with E-state index in [0.29, 0.717) is 5.91 Å². The summed E-state index contributed by atoms with van der Waals surface area (Å²) in [6.07, 6.45) is 8.04. The summed E-state index contributed by atoms with van der Waals surface area (Å²) in [6.45, 7) is 8.65. The van der Waals surface area contributed by atoms with Crippen molar-refractivity contribution in [1.82, 2.24) is 24.8 Å². The Hall–Kier alpha value is -3.13. The lowest BCUT2D eigenvalue weighted by atomic mass is 10.1. The predicted octanol–water partition coefficient (Wildman–Crippen LogP) is 2.25. The van der Waals surface area contributed by atoms with Crippen molar-refractivity contribution < 1.29 is 4.79 Å². The van der Waals surface area contributed by atoms with E-state index in [4.69, 9.17) is 4.98 Å². The molecule has 1 atom stereocenters. The Labute approximate surface area is 194 Å². The number of pyridine rings is 1. The van der Waals surface area contributed by atoms with Crippen LogP contribution in [0.25, 0.3) is 16.6 Å². The van der Waals surface area contributed by atoms with Crippen molar-refractivity contribution in [1.29, 1.82) is 0 Å². The number of fused-ring (bicyclic) bond motifs is 1. The highest BCUT2D eigenvalue weighted by Crippen LogP contribution is 2.34. The van der Waals surface area contributed by atoms with E-state index in [1.165, 1.54) is 5.69 Å². The molecular weight excluding hydrogens is 414 g/mol. The lowest BCUT2D eigenvalue weighted by Gasteiger charge is -2.41. The van der Waals surface area contributed by atoms with E-state index < -0.39 is 0 Å². The van der Waals surface area contributed by atoms with Crippen LogP contribution in [0.4, 0.5) is 11.5 Å². The van der Waals surface area contributed by atoms with E-state index in [0.717, 1.165) is 81.1 Å². The highest BCUT2D eigenvalue weighted by Gasteiger charge is 2.37. The van der Waals surface area contributed by atoms with Gasteiger partial charge in [0.05, 0.1) is 11.2 Å². The zero-order chi connectivity index (χ0) is 22.4. The zero-order valence-corrected chi connectivity index (χ0v) is 19.2. The van der Waals surface area contributed by atoms with E-state index in [1.54, 1.807) is 0 Å². The maximum atomic E-state index is 12.6. The molecule has 8 nitrogen and oxygen atoms in total. The molecular formula is C25H31N7O. The van der Waals surface area contributed by atoms with Gasteiger partial charge in [0.1, 0.15) is 5.82 Å². The molecule has 2 saturated heterocycles. The molecule has 8 heteroatoms. The molecule has 0 spiro atoms. The van der Waals surface area contributed by atoms with Crippen LogP contribution in [0, 0.1) is 5.92 Å². The molecule has 33 heavy (non-hydrogen) atoms. The number of amides is 1. The Morgan fingerprint density at radius 1 is 1.03 bits per heavy atom. The van der Waals surface area contributed by atoms with E-state index >= 15 is 0 Å². The lowest BCUT2D eigenvalue weighted by molar-refractivity contribution is -0.134. The molecule has 0 radical (unpaired) electrons. The van der Waals surface area contributed by atoms with Crippen LogP contribution in [0.1, 0.15) is 19.8 Å². The second-order valence-corrected chi connectivity index (χ2v) is 9.52. The molecule has 0 bridgehead atoms. The van der Waals surface area contributed by atoms with Crippen LogP contribution < -0.4 is 15.1 Å². The largest absolute Gasteiger partial charge is 0.366 e. The number of nitrogens with one attached hydrogen (secondary N) is 1. The third kappa shape index (κ3) is 3.93. The van der Waals surface area contributed by atoms with Gasteiger partial charge in [0.25, 0.3) is 0 Å². The van der Waals surface area contributed by atoms with Gasteiger partial charge < -0.3 is 20.0 Å². The monoisotopic (exact) mass is 445 g/mol. The number of carbonyl (C=O) groups is 1. The van der Waals surface area contributed by atoms with E-state index in [9.17, 15) is 4.79 Å². The topological polar surface area (TPSA) is 69.0 Å². The number of hydrogen-bond donors (Lipinski definition) is 1. The first-order chi connectivity index (χ1) is 16.2. The predicted molar refractivity (Wildman–Crippen MR) is 130 cm³/mol. The molecule has 0 unspecified atom stereocenters. The lowest BCUT2D eigenvalue weighted by Crippen LogP contribution is -2.54. The highest BCUT2D eigenvalue weighted by atomic mass is 16.2. The van der Waals surface area contributed by atoms with Gasteiger partial charge in [-0.05, 0) is 44.0 Å². The minimum Gasteiger partial charge on any atom is -0.366 e. The van der Waals surface area contributed by atoms with Crippen LogP contribution in [0.15, 0.2) is 42.9 Å². The van der Waals surface area contributed by atoms with Gasteiger partial charge in [-0.1, -0.05) is 0 Å². The molecule has 6 rings (SSSR count). The van der Waals surface area contributed by atoms with Gasteiger partial charge in [0.15, 0.2) is 0 Å². The van der Waals surface area contributed by atoms with Crippen LogP contribution in [0.2, 0.25) is 0 Å². The summed E-state index contributed by atoms with van der Waals surface area (Å²) in [4.78, 5) is 24.1. The van der Waals surface area contributed by atoms with Gasteiger partial charge >= 0.3 is 0 Å². The minimum atomic E-state index is 0.219. The second kappa shape index (κ2) is 8.33. The molecule has 3 aromatic rings. The molecule has 3 fully saturated rings. The molecule has 2 aliphatic heterocycles. The Morgan fingerprint density at radius 3 is 2.61 bits per heavy atom. The summed E-state index contributed by atoms with van der Waals surface area (Å²) in [6, 6.07) is 8.79. The Kier molecular flexibility index (Phi) is 5.17. The van der Waals surface area contributed by atoms with Crippen molar-refractivity contribution in [2.75, 3.05) is 55.6 Å². The average molecular weight is 446 g/mol. The molecule has 0 aromatic carbocycles. The third-order valence-electron chi connectivity index (χ3n) is 7.19. The van der Waals surface area contributed by atoms with Gasteiger partial charge in [-0.2, -0.15) is 5.10 Å². The Morgan fingerprint density at radius 2 is 1.88 bits per heavy atom. The molecule has 5 heterocycles. The third-order valence-corrected chi connectivity index (χ3v) is 7.19. The quantitative estimate of drug-likeness (QED) is 0.664. The fourth-order valence-corrected chi connectivity index (χ4v) is 5.13. The number of carbonyl (C=O) groups excluding carboxylic acids is 1. The van der Waals surface area contributed by atoms with E-state index in [2.05, 4.69) is 62.5 Å². The maximum absolute atomic E-state index is 12.6. The number of hydrogen-bond acceptors (Lipinski definition) is 6. The second-order valence-electron chi connectivity index (χ2n) is 9.52. The smallest absolute Gasteiger partial charge is 0.226 e. The summed E-state index contributed by atoms with van der Waals surface area (Å²) in [5.41, 5.74) is 4.48. The van der Waals surface area contributed by atoms with Crippen molar-refractivity contribution >= 4 is 22.9 Å². The van der Waals surface area contributed by atoms with E-state index in [-0.39, 0.29) is 12.0 Å². The maximum Gasteiger partial charge on any atom is 0.226 e. The van der Waals surface area contributed by atoms with Gasteiger partial charge in [0.2, 0.25) is 5.91 Å². The van der Waals surface area contributed by atoms with Gasteiger partial charge in [0, 0.05) is 87.5 Å². The first-order valence-corrected chi connectivity index (χ1v) is 12.1. The number of anilines is 2. The summed E-state index contributed by atoms with van der Waals surface area (Å²) in [7, 11) is 0. The standard InChI is InChI=1S/C25H31N7O/c1-18-16-30(12-13-31(18)25(33)19-2-3-19)22-6-7-28-32-17-21(14-23(22)32)20-4-5-24(27-15-20)29-10-8-26-9-11-29/h4-7,14-15,17-19,26H,2-3,8-13,16H2,1H3/t18-/m1/s1. The van der Waals surface area contributed by atoms with Crippen LogP contribution in [-0.4, -0.2) is 77.3 Å². The zero-order valence-electron chi connectivity index (χ0n) is 19.2. The number of nitrogens with zero attached hydrogens (tertiary/aromatic N) is 6. The number of piperazine rings is 2. The van der Waals surface area contributed by atoms with Gasteiger partial charge in [-0.15, -0.1) is 0 Å². The van der Waals surface area contributed by atoms with E-state index in [1.807, 2.05) is 16.9 Å². The van der Waals surface area contributed by atoms with Crippen LogP contribution in [0.3, 0.4) is 0 Å². The van der Waals surface area contributed by atoms with Gasteiger partial charge in [-0.3, -0.25) is 4.79 Å². The van der Waals surface area contributed by atoms with Gasteiger partial charge in [-0.25, -0.2) is 9.50 Å². The molecule has 1 saturated carbocycles. The molecule has 1 amide bonds. The van der Waals surface area contributed by atoms with Crippen LogP contribution >= 0.6 is 0 Å². The SMILES string of the molecule is C[C@@H]1CN(c2ccnn3cc(-c4ccc(N5CCNCC5)nc4)cc23)CCN1C(=O)C1CC1. The van der Waals surface area contributed by atoms with Crippen molar-refractivity contribution in [3.05, 3.63) is 42.9 Å². The first-order valence-electron chi connectivity index (χ1n) is 12.1. The van der Waals surface area contributed by atoms with Crippen molar-refractivity contribution in [2.24, 2.45) is 5.92 Å². The highest BCUT2D eigenvalue weighted by molar-refractivity contribution is 5.83. The molecule has 1 N–H and O–H groups in total. The Balaban J connectivity index is 1.23. The summed E-state index contributed by atoms with van der Waals surface area (Å²) in [5.74, 6) is 1.67. The normalized spacial score (nSPS) is 21.6. The fourth-order valence-electron chi connectivity index (χ4n) is 5.13. The van der Waals surface area contributed by atoms with Crippen LogP contribution in [0.5, 0.6) is 0 Å². The molecule has 1 aliphatic carbocycles. The number of rotatable bonds is 4.